The van der Waals surface area contributed by atoms with Crippen LogP contribution in [0.15, 0.2) is 59.7 Å². The van der Waals surface area contributed by atoms with Crippen molar-refractivity contribution in [3.63, 3.8) is 0 Å². The zero-order chi connectivity index (χ0) is 19.6. The first-order valence-electron chi connectivity index (χ1n) is 7.98. The maximum Gasteiger partial charge on any atom is 0.277 e. The second kappa shape index (κ2) is 9.66. The zero-order valence-corrected chi connectivity index (χ0v) is 14.5. The standard InChI is InChI=1S/C18H18N4O5/c1-13(20-21-18(24)12-27-16-5-3-2-4-6-16)11-17(23)19-14-7-9-15(10-8-14)22(25)26/h2-10H,11-12H2,1H3,(H,19,23)(H,21,24)/b20-13+. The van der Waals surface area contributed by atoms with Crippen molar-refractivity contribution >= 4 is 28.9 Å². The molecule has 0 saturated heterocycles. The van der Waals surface area contributed by atoms with Crippen LogP contribution in [0.4, 0.5) is 11.4 Å². The van der Waals surface area contributed by atoms with Gasteiger partial charge < -0.3 is 10.1 Å². The molecule has 0 radical (unpaired) electrons. The fourth-order valence-electron chi connectivity index (χ4n) is 2.00. The number of carbonyl (C=O) groups excluding carboxylic acids is 2. The molecule has 0 aromatic heterocycles. The van der Waals surface area contributed by atoms with Crippen LogP contribution >= 0.6 is 0 Å². The summed E-state index contributed by atoms with van der Waals surface area (Å²) in [6.07, 6.45) is -0.0448. The molecule has 140 valence electrons. The normalized spacial score (nSPS) is 10.8. The quantitative estimate of drug-likeness (QED) is 0.420. The first-order valence-corrected chi connectivity index (χ1v) is 7.98. The molecule has 0 bridgehead atoms. The first kappa shape index (κ1) is 19.6. The molecule has 0 aliphatic rings. The number of rotatable bonds is 8. The molecule has 0 saturated carbocycles. The van der Waals surface area contributed by atoms with Crippen molar-refractivity contribution in [2.75, 3.05) is 11.9 Å². The summed E-state index contributed by atoms with van der Waals surface area (Å²) >= 11 is 0. The number of nitro benzene ring substituents is 1. The first-order chi connectivity index (χ1) is 12.9. The van der Waals surface area contributed by atoms with Gasteiger partial charge in [-0.05, 0) is 31.2 Å². The Morgan fingerprint density at radius 1 is 1.07 bits per heavy atom. The van der Waals surface area contributed by atoms with Gasteiger partial charge in [0.1, 0.15) is 5.75 Å². The number of carbonyl (C=O) groups is 2. The Hall–Kier alpha value is -3.75. The Balaban J connectivity index is 1.75. The monoisotopic (exact) mass is 370 g/mol. The lowest BCUT2D eigenvalue weighted by Gasteiger charge is -2.06. The van der Waals surface area contributed by atoms with Crippen molar-refractivity contribution in [3.8, 4) is 5.75 Å². The van der Waals surface area contributed by atoms with Crippen molar-refractivity contribution in [2.45, 2.75) is 13.3 Å². The Morgan fingerprint density at radius 3 is 2.37 bits per heavy atom. The van der Waals surface area contributed by atoms with Gasteiger partial charge in [0.05, 0.1) is 11.3 Å². The van der Waals surface area contributed by atoms with Gasteiger partial charge in [-0.15, -0.1) is 0 Å². The molecule has 0 unspecified atom stereocenters. The topological polar surface area (TPSA) is 123 Å². The van der Waals surface area contributed by atoms with E-state index < -0.39 is 10.8 Å². The fourth-order valence-corrected chi connectivity index (χ4v) is 2.00. The molecule has 2 rings (SSSR count). The highest BCUT2D eigenvalue weighted by Crippen LogP contribution is 2.15. The van der Waals surface area contributed by atoms with E-state index in [9.17, 15) is 19.7 Å². The van der Waals surface area contributed by atoms with E-state index in [1.165, 1.54) is 24.3 Å². The molecule has 27 heavy (non-hydrogen) atoms. The molecule has 9 nitrogen and oxygen atoms in total. The van der Waals surface area contributed by atoms with Gasteiger partial charge in [0.25, 0.3) is 11.6 Å². The summed E-state index contributed by atoms with van der Waals surface area (Å²) in [5.41, 5.74) is 3.07. The van der Waals surface area contributed by atoms with Crippen LogP contribution in [0.3, 0.4) is 0 Å². The lowest BCUT2D eigenvalue weighted by Crippen LogP contribution is -2.26. The highest BCUT2D eigenvalue weighted by atomic mass is 16.6. The van der Waals surface area contributed by atoms with Gasteiger partial charge in [-0.3, -0.25) is 19.7 Å². The van der Waals surface area contributed by atoms with E-state index in [0.29, 0.717) is 17.1 Å². The van der Waals surface area contributed by atoms with Gasteiger partial charge in [0, 0.05) is 23.5 Å². The molecule has 0 heterocycles. The highest BCUT2D eigenvalue weighted by Gasteiger charge is 2.08. The van der Waals surface area contributed by atoms with Crippen LogP contribution in [0.25, 0.3) is 0 Å². The summed E-state index contributed by atoms with van der Waals surface area (Å²) < 4.78 is 5.28. The van der Waals surface area contributed by atoms with Crippen molar-refractivity contribution in [1.82, 2.24) is 5.43 Å². The number of benzene rings is 2. The molecule has 2 aromatic carbocycles. The van der Waals surface area contributed by atoms with Gasteiger partial charge in [-0.25, -0.2) is 5.43 Å². The summed E-state index contributed by atoms with van der Waals surface area (Å²) in [5, 5.41) is 17.0. The number of nitro groups is 1. The van der Waals surface area contributed by atoms with Crippen LogP contribution in [-0.4, -0.2) is 29.1 Å². The summed E-state index contributed by atoms with van der Waals surface area (Å²) in [5.74, 6) is -0.246. The third-order valence-corrected chi connectivity index (χ3v) is 3.26. The third kappa shape index (κ3) is 6.94. The summed E-state index contributed by atoms with van der Waals surface area (Å²) in [6, 6.07) is 14.3. The van der Waals surface area contributed by atoms with Crippen LogP contribution < -0.4 is 15.5 Å². The Labute approximate surface area is 155 Å². The molecule has 0 atom stereocenters. The van der Waals surface area contributed by atoms with Crippen molar-refractivity contribution < 1.29 is 19.2 Å². The van der Waals surface area contributed by atoms with Crippen LogP contribution in [0, 0.1) is 10.1 Å². The molecule has 2 amide bonds. The molecule has 0 aliphatic carbocycles. The molecule has 9 heteroatoms. The van der Waals surface area contributed by atoms with E-state index in [1.54, 1.807) is 31.2 Å². The minimum atomic E-state index is -0.521. The van der Waals surface area contributed by atoms with E-state index in [2.05, 4.69) is 15.8 Å². The number of hydrogen-bond acceptors (Lipinski definition) is 6. The van der Waals surface area contributed by atoms with Gasteiger partial charge in [0.2, 0.25) is 5.91 Å². The number of nitrogens with one attached hydrogen (secondary N) is 2. The number of nitrogens with zero attached hydrogens (tertiary/aromatic N) is 2. The number of hydrazone groups is 1. The van der Waals surface area contributed by atoms with E-state index in [4.69, 9.17) is 4.74 Å². The van der Waals surface area contributed by atoms with Crippen molar-refractivity contribution in [2.24, 2.45) is 5.10 Å². The molecule has 0 fully saturated rings. The van der Waals surface area contributed by atoms with Gasteiger partial charge in [-0.2, -0.15) is 5.10 Å². The van der Waals surface area contributed by atoms with E-state index in [1.807, 2.05) is 6.07 Å². The van der Waals surface area contributed by atoms with Crippen LogP contribution in [0.1, 0.15) is 13.3 Å². The molecule has 2 aromatic rings. The Morgan fingerprint density at radius 2 is 1.74 bits per heavy atom. The van der Waals surface area contributed by atoms with Crippen molar-refractivity contribution in [3.05, 3.63) is 64.7 Å². The second-order valence-corrected chi connectivity index (χ2v) is 5.51. The van der Waals surface area contributed by atoms with Gasteiger partial charge >= 0.3 is 0 Å². The van der Waals surface area contributed by atoms with E-state index >= 15 is 0 Å². The van der Waals surface area contributed by atoms with Gasteiger partial charge in [0.15, 0.2) is 6.61 Å². The summed E-state index contributed by atoms with van der Waals surface area (Å²) in [6.45, 7) is 1.39. The van der Waals surface area contributed by atoms with Gasteiger partial charge in [-0.1, -0.05) is 18.2 Å². The number of non-ortho nitro benzene ring substituents is 1. The maximum atomic E-state index is 11.9. The molecule has 0 spiro atoms. The zero-order valence-electron chi connectivity index (χ0n) is 14.5. The second-order valence-electron chi connectivity index (χ2n) is 5.51. The summed E-state index contributed by atoms with van der Waals surface area (Å²) in [4.78, 5) is 33.7. The predicted octanol–water partition coefficient (Wildman–Crippen LogP) is 2.49. The molecular formula is C18H18N4O5. The lowest BCUT2D eigenvalue weighted by atomic mass is 10.2. The minimum absolute atomic E-state index is 0.0448. The number of para-hydroxylation sites is 1. The summed E-state index contributed by atoms with van der Waals surface area (Å²) in [7, 11) is 0. The lowest BCUT2D eigenvalue weighted by molar-refractivity contribution is -0.384. The van der Waals surface area contributed by atoms with Crippen molar-refractivity contribution in [1.29, 1.82) is 0 Å². The Bertz CT molecular complexity index is 835. The number of amides is 2. The fraction of sp³-hybridized carbons (Fsp3) is 0.167. The van der Waals surface area contributed by atoms with Crippen LogP contribution in [0.2, 0.25) is 0 Å². The smallest absolute Gasteiger partial charge is 0.277 e. The largest absolute Gasteiger partial charge is 0.484 e. The third-order valence-electron chi connectivity index (χ3n) is 3.26. The molecular weight excluding hydrogens is 352 g/mol. The number of hydrogen-bond donors (Lipinski definition) is 2. The predicted molar refractivity (Wildman–Crippen MR) is 99.5 cm³/mol. The average molecular weight is 370 g/mol. The maximum absolute atomic E-state index is 11.9. The van der Waals surface area contributed by atoms with Crippen LogP contribution in [-0.2, 0) is 9.59 Å². The van der Waals surface area contributed by atoms with E-state index in [0.717, 1.165) is 0 Å². The SMILES string of the molecule is C/C(CC(=O)Nc1ccc([N+](=O)[O-])cc1)=N\NC(=O)COc1ccccc1. The van der Waals surface area contributed by atoms with Crippen LogP contribution in [0.5, 0.6) is 5.75 Å². The number of ether oxygens (including phenoxy) is 1. The number of anilines is 1. The minimum Gasteiger partial charge on any atom is -0.484 e. The highest BCUT2D eigenvalue weighted by molar-refractivity contribution is 6.05. The molecule has 2 N–H and O–H groups in total. The Kier molecular flexibility index (Phi) is 7.00. The average Bonchev–Trinajstić information content (AvgIpc) is 2.66. The van der Waals surface area contributed by atoms with E-state index in [-0.39, 0.29) is 24.6 Å². The molecule has 0 aliphatic heterocycles.